The molecule has 4 saturated carbocycles. The Morgan fingerprint density at radius 1 is 1.32 bits per heavy atom. The summed E-state index contributed by atoms with van der Waals surface area (Å²) in [6.45, 7) is 4.59. The maximum atomic E-state index is 12.1. The minimum absolute atomic E-state index is 0.171. The van der Waals surface area contributed by atoms with E-state index in [1.165, 1.54) is 12.0 Å². The molecule has 0 aromatic heterocycles. The maximum absolute atomic E-state index is 12.1. The van der Waals surface area contributed by atoms with E-state index in [0.717, 1.165) is 25.7 Å². The summed E-state index contributed by atoms with van der Waals surface area (Å²) in [6.07, 6.45) is 8.44. The summed E-state index contributed by atoms with van der Waals surface area (Å²) in [5.74, 6) is 9.55. The smallest absolute Gasteiger partial charge is 0.384 e. The van der Waals surface area contributed by atoms with Crippen LogP contribution in [0, 0.1) is 52.8 Å². The lowest BCUT2D eigenvalue weighted by molar-refractivity contribution is -0.136. The molecule has 3 unspecified atom stereocenters. The van der Waals surface area contributed by atoms with E-state index in [-0.39, 0.29) is 5.41 Å². The van der Waals surface area contributed by atoms with Crippen molar-refractivity contribution in [3.05, 3.63) is 11.6 Å². The van der Waals surface area contributed by atoms with Crippen molar-refractivity contribution in [3.8, 4) is 11.8 Å². The van der Waals surface area contributed by atoms with Gasteiger partial charge in [0.15, 0.2) is 5.78 Å². The van der Waals surface area contributed by atoms with Crippen molar-refractivity contribution in [2.45, 2.75) is 64.1 Å². The Bertz CT molecular complexity index is 862. The second kappa shape index (κ2) is 5.51. The van der Waals surface area contributed by atoms with Crippen molar-refractivity contribution in [2.75, 3.05) is 6.61 Å². The lowest BCUT2D eigenvalue weighted by Gasteiger charge is -2.56. The summed E-state index contributed by atoms with van der Waals surface area (Å²) >= 11 is 0. The van der Waals surface area contributed by atoms with Crippen LogP contribution < -0.4 is 0 Å². The van der Waals surface area contributed by atoms with Crippen LogP contribution >= 0.6 is 0 Å². The SMILES string of the molecule is CCOC(=O)C#C[C@@]12CCC3C(C1[C@@H]1C[C@@H]1O2)[C@H]1C[C@H]1C1=CC(=O)CC[C@@]13C. The average Bonchev–Trinajstić information content (AvgIpc) is 3.58. The van der Waals surface area contributed by atoms with E-state index >= 15 is 0 Å². The summed E-state index contributed by atoms with van der Waals surface area (Å²) in [6, 6.07) is 0. The van der Waals surface area contributed by atoms with Gasteiger partial charge in [-0.05, 0) is 80.1 Å². The van der Waals surface area contributed by atoms with Gasteiger partial charge < -0.3 is 9.47 Å². The van der Waals surface area contributed by atoms with Gasteiger partial charge >= 0.3 is 5.97 Å². The fourth-order valence-corrected chi connectivity index (χ4v) is 7.70. The molecule has 148 valence electrons. The third kappa shape index (κ3) is 2.17. The quantitative estimate of drug-likeness (QED) is 0.398. The number of allylic oxidation sites excluding steroid dienone is 2. The van der Waals surface area contributed by atoms with E-state index in [2.05, 4.69) is 18.8 Å². The molecule has 5 aliphatic carbocycles. The van der Waals surface area contributed by atoms with Crippen molar-refractivity contribution in [2.24, 2.45) is 40.9 Å². The van der Waals surface area contributed by atoms with Gasteiger partial charge in [0.25, 0.3) is 0 Å². The van der Waals surface area contributed by atoms with Crippen LogP contribution in [-0.2, 0) is 19.1 Å². The van der Waals surface area contributed by atoms with Crippen LogP contribution in [0.5, 0.6) is 0 Å². The minimum Gasteiger partial charge on any atom is -0.456 e. The number of carbonyl (C=O) groups excluding carboxylic acids is 2. The molecule has 0 amide bonds. The van der Waals surface area contributed by atoms with Crippen molar-refractivity contribution in [3.63, 3.8) is 0 Å². The molecule has 1 heterocycles. The number of fused-ring (bicyclic) bond motifs is 10. The van der Waals surface area contributed by atoms with E-state index in [1.54, 1.807) is 0 Å². The van der Waals surface area contributed by atoms with Crippen LogP contribution in [0.4, 0.5) is 0 Å². The largest absolute Gasteiger partial charge is 0.456 e. The zero-order valence-corrected chi connectivity index (χ0v) is 16.7. The van der Waals surface area contributed by atoms with E-state index in [0.29, 0.717) is 60.4 Å². The number of hydrogen-bond acceptors (Lipinski definition) is 4. The molecular formula is C24H28O4. The first-order valence-corrected chi connectivity index (χ1v) is 11.1. The fraction of sp³-hybridized carbons (Fsp3) is 0.750. The Morgan fingerprint density at radius 3 is 3.00 bits per heavy atom. The summed E-state index contributed by atoms with van der Waals surface area (Å²) in [5, 5.41) is 0. The van der Waals surface area contributed by atoms with Crippen molar-refractivity contribution in [1.82, 2.24) is 0 Å². The predicted molar refractivity (Wildman–Crippen MR) is 102 cm³/mol. The zero-order valence-electron chi connectivity index (χ0n) is 16.7. The minimum atomic E-state index is -0.448. The monoisotopic (exact) mass is 380 g/mol. The van der Waals surface area contributed by atoms with E-state index in [4.69, 9.17) is 9.47 Å². The first-order chi connectivity index (χ1) is 13.5. The second-order valence-electron chi connectivity index (χ2n) is 10.2. The highest BCUT2D eigenvalue weighted by atomic mass is 16.5. The molecule has 4 heteroatoms. The maximum Gasteiger partial charge on any atom is 0.384 e. The van der Waals surface area contributed by atoms with Crippen LogP contribution in [0.25, 0.3) is 0 Å². The van der Waals surface area contributed by atoms with Gasteiger partial charge in [-0.15, -0.1) is 0 Å². The van der Waals surface area contributed by atoms with E-state index in [9.17, 15) is 9.59 Å². The molecule has 0 aromatic rings. The van der Waals surface area contributed by atoms with Gasteiger partial charge in [-0.2, -0.15) is 0 Å². The topological polar surface area (TPSA) is 52.6 Å². The molecule has 1 aliphatic heterocycles. The molecule has 0 spiro atoms. The van der Waals surface area contributed by atoms with E-state index in [1.807, 2.05) is 13.0 Å². The molecule has 28 heavy (non-hydrogen) atoms. The number of ketones is 1. The van der Waals surface area contributed by atoms with Crippen LogP contribution in [0.1, 0.15) is 52.4 Å². The highest BCUT2D eigenvalue weighted by molar-refractivity contribution is 5.92. The molecule has 5 fully saturated rings. The van der Waals surface area contributed by atoms with Gasteiger partial charge in [-0.25, -0.2) is 4.79 Å². The Morgan fingerprint density at radius 2 is 2.18 bits per heavy atom. The molecular weight excluding hydrogens is 352 g/mol. The van der Waals surface area contributed by atoms with Gasteiger partial charge in [0.1, 0.15) is 5.60 Å². The van der Waals surface area contributed by atoms with Gasteiger partial charge in [0.2, 0.25) is 0 Å². The average molecular weight is 380 g/mol. The second-order valence-corrected chi connectivity index (χ2v) is 10.2. The third-order valence-electron chi connectivity index (χ3n) is 8.92. The summed E-state index contributed by atoms with van der Waals surface area (Å²) < 4.78 is 11.5. The van der Waals surface area contributed by atoms with Gasteiger partial charge in [-0.1, -0.05) is 18.4 Å². The molecule has 0 radical (unpaired) electrons. The Labute approximate surface area is 166 Å². The summed E-state index contributed by atoms with van der Waals surface area (Å²) in [7, 11) is 0. The number of rotatable bonds is 1. The Kier molecular flexibility index (Phi) is 3.40. The van der Waals surface area contributed by atoms with Gasteiger partial charge in [0.05, 0.1) is 12.7 Å². The number of esters is 1. The molecule has 0 aromatic carbocycles. The Balaban J connectivity index is 1.38. The number of hydrogen-bond donors (Lipinski definition) is 0. The van der Waals surface area contributed by atoms with Crippen LogP contribution in [0.3, 0.4) is 0 Å². The van der Waals surface area contributed by atoms with Crippen LogP contribution in [0.2, 0.25) is 0 Å². The highest BCUT2D eigenvalue weighted by Gasteiger charge is 2.73. The third-order valence-corrected chi connectivity index (χ3v) is 8.92. The molecule has 0 N–H and O–H groups in total. The van der Waals surface area contributed by atoms with Crippen molar-refractivity contribution < 1.29 is 19.1 Å². The van der Waals surface area contributed by atoms with Crippen molar-refractivity contribution in [1.29, 1.82) is 0 Å². The molecule has 4 nitrogen and oxygen atoms in total. The standard InChI is InChI=1S/C24H28O4/c1-3-27-20(26)6-9-24-8-5-17-21(22(24)16-12-19(16)28-24)15-11-14(15)18-10-13(25)4-7-23(17,18)2/h10,14-17,19,21-22H,3-5,7-8,11-12H2,1-2H3/t14-,15+,16-,17?,19+,21?,22?,23-,24+/m1/s1. The predicted octanol–water partition coefficient (Wildman–Crippen LogP) is 3.30. The molecule has 6 rings (SSSR count). The fourth-order valence-electron chi connectivity index (χ4n) is 7.70. The lowest BCUT2D eigenvalue weighted by Crippen LogP contribution is -2.55. The molecule has 0 bridgehead atoms. The normalized spacial score (nSPS) is 51.9. The lowest BCUT2D eigenvalue weighted by atomic mass is 9.48. The first-order valence-electron chi connectivity index (χ1n) is 11.1. The summed E-state index contributed by atoms with van der Waals surface area (Å²) in [5.41, 5.74) is 1.19. The molecule has 9 atom stereocenters. The van der Waals surface area contributed by atoms with Crippen LogP contribution in [0.15, 0.2) is 11.6 Å². The van der Waals surface area contributed by atoms with Crippen LogP contribution in [-0.4, -0.2) is 30.1 Å². The molecule has 1 saturated heterocycles. The summed E-state index contributed by atoms with van der Waals surface area (Å²) in [4.78, 5) is 24.0. The number of ether oxygens (including phenoxy) is 2. The zero-order chi connectivity index (χ0) is 19.3. The van der Waals surface area contributed by atoms with E-state index < -0.39 is 11.6 Å². The number of carbonyl (C=O) groups is 2. The van der Waals surface area contributed by atoms with Gasteiger partial charge in [-0.3, -0.25) is 4.79 Å². The van der Waals surface area contributed by atoms with Crippen molar-refractivity contribution >= 4 is 11.8 Å². The molecule has 6 aliphatic rings. The Hall–Kier alpha value is -1.60. The first kappa shape index (κ1) is 17.3. The highest BCUT2D eigenvalue weighted by Crippen LogP contribution is 2.75. The van der Waals surface area contributed by atoms with Gasteiger partial charge in [0, 0.05) is 18.3 Å².